The zero-order valence-corrected chi connectivity index (χ0v) is 14.2. The summed E-state index contributed by atoms with van der Waals surface area (Å²) < 4.78 is 6.71. The van der Waals surface area contributed by atoms with Crippen LogP contribution in [0.5, 0.6) is 5.75 Å². The van der Waals surface area contributed by atoms with Gasteiger partial charge in [0.1, 0.15) is 5.75 Å². The van der Waals surface area contributed by atoms with Gasteiger partial charge >= 0.3 is 5.97 Å². The van der Waals surface area contributed by atoms with Crippen LogP contribution in [-0.2, 0) is 4.79 Å². The standard InChI is InChI=1S/C17H23BrO3/c1-3-5-6-13(4-2)12-21-15-8-9-16(18)14(11-15)7-10-17(19)20/h7-11,13H,3-6,12H2,1-2H3,(H,19,20)/b10-7+. The molecule has 0 aliphatic heterocycles. The van der Waals surface area contributed by atoms with E-state index in [1.165, 1.54) is 19.3 Å². The first-order chi connectivity index (χ1) is 10.1. The number of ether oxygens (including phenoxy) is 1. The van der Waals surface area contributed by atoms with Crippen LogP contribution >= 0.6 is 15.9 Å². The fourth-order valence-corrected chi connectivity index (χ4v) is 2.39. The Balaban J connectivity index is 2.67. The Morgan fingerprint density at radius 3 is 2.81 bits per heavy atom. The minimum atomic E-state index is -0.959. The number of carboxylic acids is 1. The monoisotopic (exact) mass is 354 g/mol. The van der Waals surface area contributed by atoms with E-state index in [2.05, 4.69) is 29.8 Å². The van der Waals surface area contributed by atoms with Crippen molar-refractivity contribution in [1.29, 1.82) is 0 Å². The summed E-state index contributed by atoms with van der Waals surface area (Å²) in [5, 5.41) is 8.69. The Hall–Kier alpha value is -1.29. The first kappa shape index (κ1) is 17.8. The van der Waals surface area contributed by atoms with Crippen molar-refractivity contribution in [3.63, 3.8) is 0 Å². The summed E-state index contributed by atoms with van der Waals surface area (Å²) in [5.41, 5.74) is 0.802. The van der Waals surface area contributed by atoms with Crippen molar-refractivity contribution in [3.8, 4) is 5.75 Å². The predicted molar refractivity (Wildman–Crippen MR) is 89.6 cm³/mol. The molecular weight excluding hydrogens is 332 g/mol. The van der Waals surface area contributed by atoms with E-state index in [9.17, 15) is 4.79 Å². The minimum Gasteiger partial charge on any atom is -0.493 e. The molecule has 0 saturated carbocycles. The van der Waals surface area contributed by atoms with Crippen LogP contribution < -0.4 is 4.74 Å². The molecule has 0 radical (unpaired) electrons. The first-order valence-electron chi connectivity index (χ1n) is 7.40. The number of benzene rings is 1. The molecule has 21 heavy (non-hydrogen) atoms. The van der Waals surface area contributed by atoms with Gasteiger partial charge in [0.2, 0.25) is 0 Å². The minimum absolute atomic E-state index is 0.576. The Kier molecular flexibility index (Phi) is 8.13. The van der Waals surface area contributed by atoms with E-state index in [0.29, 0.717) is 12.5 Å². The van der Waals surface area contributed by atoms with Gasteiger partial charge < -0.3 is 9.84 Å². The highest BCUT2D eigenvalue weighted by Gasteiger charge is 2.08. The Labute approximate surface area is 135 Å². The van der Waals surface area contributed by atoms with Crippen molar-refractivity contribution >= 4 is 28.0 Å². The van der Waals surface area contributed by atoms with Gasteiger partial charge in [-0.25, -0.2) is 4.79 Å². The molecule has 1 N–H and O–H groups in total. The van der Waals surface area contributed by atoms with Gasteiger partial charge in [-0.3, -0.25) is 0 Å². The fraction of sp³-hybridized carbons (Fsp3) is 0.471. The lowest BCUT2D eigenvalue weighted by atomic mass is 10.0. The van der Waals surface area contributed by atoms with Gasteiger partial charge in [0.25, 0.3) is 0 Å². The summed E-state index contributed by atoms with van der Waals surface area (Å²) in [6, 6.07) is 5.63. The van der Waals surface area contributed by atoms with Gasteiger partial charge in [-0.15, -0.1) is 0 Å². The largest absolute Gasteiger partial charge is 0.493 e. The summed E-state index contributed by atoms with van der Waals surface area (Å²) in [7, 11) is 0. The lowest BCUT2D eigenvalue weighted by molar-refractivity contribution is -0.131. The average molecular weight is 355 g/mol. The molecule has 0 bridgehead atoms. The third kappa shape index (κ3) is 6.80. The van der Waals surface area contributed by atoms with E-state index in [-0.39, 0.29) is 0 Å². The molecule has 3 nitrogen and oxygen atoms in total. The molecular formula is C17H23BrO3. The molecule has 0 spiro atoms. The molecule has 0 heterocycles. The number of rotatable bonds is 9. The molecule has 1 atom stereocenters. The maximum atomic E-state index is 10.6. The van der Waals surface area contributed by atoms with Crippen LogP contribution in [0.4, 0.5) is 0 Å². The van der Waals surface area contributed by atoms with Crippen molar-refractivity contribution < 1.29 is 14.6 Å². The first-order valence-corrected chi connectivity index (χ1v) is 8.19. The summed E-state index contributed by atoms with van der Waals surface area (Å²) in [5.74, 6) is 0.392. The van der Waals surface area contributed by atoms with Crippen LogP contribution in [0.15, 0.2) is 28.7 Å². The van der Waals surface area contributed by atoms with Gasteiger partial charge in [0.15, 0.2) is 0 Å². The van der Waals surface area contributed by atoms with E-state index in [0.717, 1.165) is 28.3 Å². The lowest BCUT2D eigenvalue weighted by Gasteiger charge is -2.16. The zero-order valence-electron chi connectivity index (χ0n) is 12.6. The Morgan fingerprint density at radius 2 is 2.19 bits per heavy atom. The van der Waals surface area contributed by atoms with E-state index in [1.54, 1.807) is 6.08 Å². The van der Waals surface area contributed by atoms with Crippen LogP contribution in [0.1, 0.15) is 45.1 Å². The van der Waals surface area contributed by atoms with Crippen LogP contribution in [0.25, 0.3) is 6.08 Å². The zero-order chi connectivity index (χ0) is 15.7. The smallest absolute Gasteiger partial charge is 0.328 e. The van der Waals surface area contributed by atoms with Gasteiger partial charge in [-0.05, 0) is 42.2 Å². The number of hydrogen-bond acceptors (Lipinski definition) is 2. The molecule has 0 aromatic heterocycles. The third-order valence-electron chi connectivity index (χ3n) is 3.40. The number of carboxylic acid groups (broad SMARTS) is 1. The maximum Gasteiger partial charge on any atom is 0.328 e. The Bertz CT molecular complexity index is 483. The number of unbranched alkanes of at least 4 members (excludes halogenated alkanes) is 1. The lowest BCUT2D eigenvalue weighted by Crippen LogP contribution is -2.11. The Morgan fingerprint density at radius 1 is 1.43 bits per heavy atom. The molecule has 0 aliphatic carbocycles. The molecule has 1 aromatic carbocycles. The molecule has 1 unspecified atom stereocenters. The third-order valence-corrected chi connectivity index (χ3v) is 4.12. The van der Waals surface area contributed by atoms with Crippen molar-refractivity contribution in [2.24, 2.45) is 5.92 Å². The fourth-order valence-electron chi connectivity index (χ4n) is 2.01. The van der Waals surface area contributed by atoms with Crippen LogP contribution in [-0.4, -0.2) is 17.7 Å². The second-order valence-corrected chi connectivity index (χ2v) is 5.94. The van der Waals surface area contributed by atoms with Gasteiger partial charge in [-0.1, -0.05) is 49.0 Å². The van der Waals surface area contributed by atoms with Gasteiger partial charge in [0.05, 0.1) is 6.61 Å². The quantitative estimate of drug-likeness (QED) is 0.624. The normalized spacial score (nSPS) is 12.5. The number of halogens is 1. The van der Waals surface area contributed by atoms with Crippen molar-refractivity contribution in [3.05, 3.63) is 34.3 Å². The molecule has 0 aliphatic rings. The number of hydrogen-bond donors (Lipinski definition) is 1. The molecule has 0 fully saturated rings. The van der Waals surface area contributed by atoms with E-state index in [4.69, 9.17) is 9.84 Å². The molecule has 0 amide bonds. The van der Waals surface area contributed by atoms with Gasteiger partial charge in [0, 0.05) is 10.5 Å². The van der Waals surface area contributed by atoms with E-state index >= 15 is 0 Å². The maximum absolute atomic E-state index is 10.6. The summed E-state index contributed by atoms with van der Waals surface area (Å²) in [6.07, 6.45) is 7.43. The predicted octanol–water partition coefficient (Wildman–Crippen LogP) is 5.14. The SMILES string of the molecule is CCCCC(CC)COc1ccc(Br)c(/C=C/C(=O)O)c1. The van der Waals surface area contributed by atoms with Gasteiger partial charge in [-0.2, -0.15) is 0 Å². The second-order valence-electron chi connectivity index (χ2n) is 5.08. The highest BCUT2D eigenvalue weighted by atomic mass is 79.9. The topological polar surface area (TPSA) is 46.5 Å². The van der Waals surface area contributed by atoms with Crippen molar-refractivity contribution in [1.82, 2.24) is 0 Å². The molecule has 0 saturated heterocycles. The summed E-state index contributed by atoms with van der Waals surface area (Å²) in [4.78, 5) is 10.6. The average Bonchev–Trinajstić information content (AvgIpc) is 2.47. The van der Waals surface area contributed by atoms with Crippen LogP contribution in [0.3, 0.4) is 0 Å². The van der Waals surface area contributed by atoms with E-state index < -0.39 is 5.97 Å². The number of aliphatic carboxylic acids is 1. The van der Waals surface area contributed by atoms with Crippen molar-refractivity contribution in [2.45, 2.75) is 39.5 Å². The number of carbonyl (C=O) groups is 1. The molecule has 116 valence electrons. The molecule has 1 aromatic rings. The summed E-state index contributed by atoms with van der Waals surface area (Å²) >= 11 is 3.41. The van der Waals surface area contributed by atoms with E-state index in [1.807, 2.05) is 18.2 Å². The summed E-state index contributed by atoms with van der Waals surface area (Å²) in [6.45, 7) is 5.09. The van der Waals surface area contributed by atoms with Crippen LogP contribution in [0.2, 0.25) is 0 Å². The second kappa shape index (κ2) is 9.61. The molecule has 1 rings (SSSR count). The molecule has 4 heteroatoms. The highest BCUT2D eigenvalue weighted by Crippen LogP contribution is 2.25. The van der Waals surface area contributed by atoms with Crippen molar-refractivity contribution in [2.75, 3.05) is 6.61 Å². The highest BCUT2D eigenvalue weighted by molar-refractivity contribution is 9.10. The van der Waals surface area contributed by atoms with Crippen LogP contribution in [0, 0.1) is 5.92 Å².